The predicted molar refractivity (Wildman–Crippen MR) is 83.0 cm³/mol. The molecule has 20 heavy (non-hydrogen) atoms. The van der Waals surface area contributed by atoms with Gasteiger partial charge in [0.05, 0.1) is 5.75 Å². The van der Waals surface area contributed by atoms with Crippen molar-refractivity contribution in [1.82, 2.24) is 5.32 Å². The van der Waals surface area contributed by atoms with Gasteiger partial charge in [-0.3, -0.25) is 0 Å². The zero-order valence-electron chi connectivity index (χ0n) is 12.6. The summed E-state index contributed by atoms with van der Waals surface area (Å²) in [4.78, 5) is 0. The summed E-state index contributed by atoms with van der Waals surface area (Å²) in [6, 6.07) is 8.22. The number of benzene rings is 1. The van der Waals surface area contributed by atoms with Crippen LogP contribution in [0.5, 0.6) is 5.75 Å². The lowest BCUT2D eigenvalue weighted by atomic mass is 10.0. The molecule has 0 aliphatic carbocycles. The van der Waals surface area contributed by atoms with Crippen LogP contribution >= 0.6 is 0 Å². The van der Waals surface area contributed by atoms with E-state index in [-0.39, 0.29) is 12.4 Å². The second-order valence-electron chi connectivity index (χ2n) is 4.96. The van der Waals surface area contributed by atoms with Crippen LogP contribution in [-0.4, -0.2) is 33.6 Å². The summed E-state index contributed by atoms with van der Waals surface area (Å²) in [5.41, 5.74) is 1.23. The average Bonchev–Trinajstić information content (AvgIpc) is 2.40. The fourth-order valence-electron chi connectivity index (χ4n) is 1.92. The quantitative estimate of drug-likeness (QED) is 0.761. The van der Waals surface area contributed by atoms with Gasteiger partial charge in [0.25, 0.3) is 0 Å². The van der Waals surface area contributed by atoms with Gasteiger partial charge in [-0.15, -0.1) is 0 Å². The molecule has 0 amide bonds. The average molecular weight is 299 g/mol. The highest BCUT2D eigenvalue weighted by Crippen LogP contribution is 2.20. The third-order valence-electron chi connectivity index (χ3n) is 3.05. The Bertz CT molecular complexity index is 482. The maximum Gasteiger partial charge on any atom is 0.150 e. The standard InChI is InChI=1S/C15H25NO3S/c1-4-10-16-15(5-2)13-6-8-14(9-7-13)19-11-12-20(3,17)18/h6-9,15-16H,4-5,10-12H2,1-3H3. The molecular formula is C15H25NO3S. The van der Waals surface area contributed by atoms with Gasteiger partial charge in [-0.1, -0.05) is 26.0 Å². The zero-order valence-corrected chi connectivity index (χ0v) is 13.4. The Morgan fingerprint density at radius 1 is 1.20 bits per heavy atom. The number of nitrogens with one attached hydrogen (secondary N) is 1. The molecule has 0 aliphatic rings. The summed E-state index contributed by atoms with van der Waals surface area (Å²) in [7, 11) is -2.97. The Morgan fingerprint density at radius 3 is 2.35 bits per heavy atom. The highest BCUT2D eigenvalue weighted by Gasteiger charge is 2.08. The van der Waals surface area contributed by atoms with Crippen LogP contribution in [0.3, 0.4) is 0 Å². The van der Waals surface area contributed by atoms with Crippen molar-refractivity contribution in [1.29, 1.82) is 0 Å². The van der Waals surface area contributed by atoms with Crippen LogP contribution in [0.15, 0.2) is 24.3 Å². The van der Waals surface area contributed by atoms with Crippen molar-refractivity contribution < 1.29 is 13.2 Å². The van der Waals surface area contributed by atoms with E-state index in [9.17, 15) is 8.42 Å². The SMILES string of the molecule is CCCNC(CC)c1ccc(OCCS(C)(=O)=O)cc1. The summed E-state index contributed by atoms with van der Waals surface area (Å²) < 4.78 is 27.5. The Hall–Kier alpha value is -1.07. The van der Waals surface area contributed by atoms with Crippen molar-refractivity contribution in [3.63, 3.8) is 0 Å². The van der Waals surface area contributed by atoms with E-state index in [1.807, 2.05) is 24.3 Å². The second-order valence-corrected chi connectivity index (χ2v) is 7.22. The molecule has 5 heteroatoms. The first-order valence-electron chi connectivity index (χ1n) is 7.10. The van der Waals surface area contributed by atoms with Crippen LogP contribution in [0, 0.1) is 0 Å². The largest absolute Gasteiger partial charge is 0.493 e. The molecular weight excluding hydrogens is 274 g/mol. The first-order valence-corrected chi connectivity index (χ1v) is 9.16. The molecule has 0 aliphatic heterocycles. The highest BCUT2D eigenvalue weighted by molar-refractivity contribution is 7.90. The fraction of sp³-hybridized carbons (Fsp3) is 0.600. The molecule has 1 aromatic rings. The van der Waals surface area contributed by atoms with Crippen LogP contribution in [-0.2, 0) is 9.84 Å². The Kier molecular flexibility index (Phi) is 7.02. The summed E-state index contributed by atoms with van der Waals surface area (Å²) in [6.45, 7) is 5.51. The van der Waals surface area contributed by atoms with Gasteiger partial charge < -0.3 is 10.1 Å². The van der Waals surface area contributed by atoms with Gasteiger partial charge in [-0.05, 0) is 37.1 Å². The molecule has 0 bridgehead atoms. The number of ether oxygens (including phenoxy) is 1. The van der Waals surface area contributed by atoms with Gasteiger partial charge in [-0.2, -0.15) is 0 Å². The van der Waals surface area contributed by atoms with E-state index < -0.39 is 9.84 Å². The smallest absolute Gasteiger partial charge is 0.150 e. The van der Waals surface area contributed by atoms with Crippen molar-refractivity contribution in [2.24, 2.45) is 0 Å². The van der Waals surface area contributed by atoms with Crippen LogP contribution in [0.4, 0.5) is 0 Å². The van der Waals surface area contributed by atoms with E-state index in [1.165, 1.54) is 11.8 Å². The third-order valence-corrected chi connectivity index (χ3v) is 3.96. The minimum atomic E-state index is -2.97. The van der Waals surface area contributed by atoms with Gasteiger partial charge in [0.2, 0.25) is 0 Å². The van der Waals surface area contributed by atoms with Gasteiger partial charge in [0.15, 0.2) is 9.84 Å². The Morgan fingerprint density at radius 2 is 1.85 bits per heavy atom. The molecule has 0 saturated carbocycles. The van der Waals surface area contributed by atoms with Crippen LogP contribution in [0.25, 0.3) is 0 Å². The molecule has 0 aromatic heterocycles. The van der Waals surface area contributed by atoms with E-state index in [4.69, 9.17) is 4.74 Å². The van der Waals surface area contributed by atoms with E-state index >= 15 is 0 Å². The fourth-order valence-corrected chi connectivity index (χ4v) is 2.31. The van der Waals surface area contributed by atoms with Gasteiger partial charge >= 0.3 is 0 Å². The van der Waals surface area contributed by atoms with E-state index in [0.717, 1.165) is 19.4 Å². The zero-order chi connectivity index (χ0) is 15.0. The van der Waals surface area contributed by atoms with Crippen LogP contribution in [0.2, 0.25) is 0 Å². The number of hydrogen-bond acceptors (Lipinski definition) is 4. The molecule has 1 rings (SSSR count). The first kappa shape index (κ1) is 17.0. The normalized spacial score (nSPS) is 13.2. The third kappa shape index (κ3) is 6.39. The minimum absolute atomic E-state index is 0.0460. The molecule has 0 saturated heterocycles. The van der Waals surface area contributed by atoms with Crippen molar-refractivity contribution in [2.75, 3.05) is 25.2 Å². The van der Waals surface area contributed by atoms with Crippen molar-refractivity contribution >= 4 is 9.84 Å². The van der Waals surface area contributed by atoms with Gasteiger partial charge in [0, 0.05) is 12.3 Å². The van der Waals surface area contributed by atoms with E-state index in [0.29, 0.717) is 11.8 Å². The molecule has 0 spiro atoms. The molecule has 1 N–H and O–H groups in total. The molecule has 1 unspecified atom stereocenters. The molecule has 0 fully saturated rings. The lowest BCUT2D eigenvalue weighted by Crippen LogP contribution is -2.21. The molecule has 1 atom stereocenters. The highest BCUT2D eigenvalue weighted by atomic mass is 32.2. The summed E-state index contributed by atoms with van der Waals surface area (Å²) >= 11 is 0. The maximum absolute atomic E-state index is 11.0. The molecule has 1 aromatic carbocycles. The van der Waals surface area contributed by atoms with Crippen molar-refractivity contribution in [3.8, 4) is 5.75 Å². The minimum Gasteiger partial charge on any atom is -0.493 e. The Labute approximate surface area is 122 Å². The molecule has 0 heterocycles. The van der Waals surface area contributed by atoms with Crippen LogP contribution in [0.1, 0.15) is 38.3 Å². The van der Waals surface area contributed by atoms with Gasteiger partial charge in [0.1, 0.15) is 12.4 Å². The number of sulfone groups is 1. The van der Waals surface area contributed by atoms with Crippen LogP contribution < -0.4 is 10.1 Å². The topological polar surface area (TPSA) is 55.4 Å². The summed E-state index contributed by atoms with van der Waals surface area (Å²) in [5, 5.41) is 3.50. The monoisotopic (exact) mass is 299 g/mol. The predicted octanol–water partition coefficient (Wildman–Crippen LogP) is 2.56. The van der Waals surface area contributed by atoms with E-state index in [1.54, 1.807) is 0 Å². The molecule has 0 radical (unpaired) electrons. The maximum atomic E-state index is 11.0. The molecule has 114 valence electrons. The van der Waals surface area contributed by atoms with Crippen molar-refractivity contribution in [3.05, 3.63) is 29.8 Å². The lowest BCUT2D eigenvalue weighted by Gasteiger charge is -2.17. The number of rotatable bonds is 9. The second kappa shape index (κ2) is 8.27. The van der Waals surface area contributed by atoms with E-state index in [2.05, 4.69) is 19.2 Å². The molecule has 4 nitrogen and oxygen atoms in total. The van der Waals surface area contributed by atoms with Crippen molar-refractivity contribution in [2.45, 2.75) is 32.7 Å². The summed E-state index contributed by atoms with van der Waals surface area (Å²) in [6.07, 6.45) is 3.36. The first-order chi connectivity index (χ1) is 9.46. The lowest BCUT2D eigenvalue weighted by molar-refractivity contribution is 0.341. The number of hydrogen-bond donors (Lipinski definition) is 1. The van der Waals surface area contributed by atoms with Gasteiger partial charge in [-0.25, -0.2) is 8.42 Å². The summed E-state index contributed by atoms with van der Waals surface area (Å²) in [5.74, 6) is 0.757. The Balaban J connectivity index is 2.54.